The van der Waals surface area contributed by atoms with Crippen LogP contribution in [0.15, 0.2) is 22.7 Å². The number of carbonyl (C=O) groups excluding carboxylic acids is 1. The number of halogens is 3. The maximum atomic E-state index is 11.9. The van der Waals surface area contributed by atoms with Crippen molar-refractivity contribution in [2.45, 2.75) is 20.0 Å². The van der Waals surface area contributed by atoms with Gasteiger partial charge in [-0.1, -0.05) is 22.0 Å². The van der Waals surface area contributed by atoms with Crippen molar-refractivity contribution < 1.29 is 18.3 Å². The summed E-state index contributed by atoms with van der Waals surface area (Å²) in [5, 5.41) is 0. The van der Waals surface area contributed by atoms with Crippen molar-refractivity contribution in [2.75, 3.05) is 0 Å². The molecule has 0 aromatic heterocycles. The molecule has 0 amide bonds. The summed E-state index contributed by atoms with van der Waals surface area (Å²) in [5.74, 6) is 0.0856. The molecule has 2 nitrogen and oxygen atoms in total. The highest BCUT2D eigenvalue weighted by molar-refractivity contribution is 9.10. The summed E-state index contributed by atoms with van der Waals surface area (Å²) in [7, 11) is 0. The van der Waals surface area contributed by atoms with Gasteiger partial charge in [-0.3, -0.25) is 4.79 Å². The maximum Gasteiger partial charge on any atom is 0.387 e. The molecule has 15 heavy (non-hydrogen) atoms. The highest BCUT2D eigenvalue weighted by Gasteiger charge is 2.08. The van der Waals surface area contributed by atoms with E-state index in [4.69, 9.17) is 0 Å². The second-order valence-corrected chi connectivity index (χ2v) is 3.86. The number of rotatable bonds is 4. The Labute approximate surface area is 94.4 Å². The normalized spacial score (nSPS) is 10.5. The maximum absolute atomic E-state index is 11.9. The largest absolute Gasteiger partial charge is 0.435 e. The molecule has 0 atom stereocenters. The quantitative estimate of drug-likeness (QED) is 0.846. The van der Waals surface area contributed by atoms with E-state index in [1.165, 1.54) is 19.1 Å². The lowest BCUT2D eigenvalue weighted by Gasteiger charge is -2.07. The first-order valence-corrected chi connectivity index (χ1v) is 5.01. The molecule has 0 saturated carbocycles. The lowest BCUT2D eigenvalue weighted by molar-refractivity contribution is -0.116. The Kier molecular flexibility index (Phi) is 4.20. The van der Waals surface area contributed by atoms with E-state index in [0.29, 0.717) is 4.47 Å². The van der Waals surface area contributed by atoms with Gasteiger partial charge in [-0.25, -0.2) is 0 Å². The molecule has 0 bridgehead atoms. The average molecular weight is 279 g/mol. The van der Waals surface area contributed by atoms with Gasteiger partial charge >= 0.3 is 6.61 Å². The number of ether oxygens (including phenoxy) is 1. The van der Waals surface area contributed by atoms with E-state index in [-0.39, 0.29) is 18.0 Å². The summed E-state index contributed by atoms with van der Waals surface area (Å²) in [4.78, 5) is 10.9. The first-order valence-electron chi connectivity index (χ1n) is 4.21. The van der Waals surface area contributed by atoms with Gasteiger partial charge in [0.1, 0.15) is 11.5 Å². The summed E-state index contributed by atoms with van der Waals surface area (Å²) >= 11 is 3.19. The van der Waals surface area contributed by atoms with E-state index in [1.54, 1.807) is 6.07 Å². The molecule has 1 rings (SSSR count). The Morgan fingerprint density at radius 2 is 2.20 bits per heavy atom. The topological polar surface area (TPSA) is 26.3 Å². The van der Waals surface area contributed by atoms with Crippen molar-refractivity contribution in [3.05, 3.63) is 28.2 Å². The SMILES string of the molecule is CC(=O)Cc1ccc(OC(F)F)cc1Br. The number of alkyl halides is 2. The van der Waals surface area contributed by atoms with Crippen LogP contribution < -0.4 is 4.74 Å². The molecule has 0 heterocycles. The molecule has 1 aromatic rings. The predicted molar refractivity (Wildman–Crippen MR) is 55.2 cm³/mol. The fraction of sp³-hybridized carbons (Fsp3) is 0.300. The zero-order valence-corrected chi connectivity index (χ0v) is 9.55. The summed E-state index contributed by atoms with van der Waals surface area (Å²) in [5.41, 5.74) is 0.754. The Morgan fingerprint density at radius 1 is 1.53 bits per heavy atom. The van der Waals surface area contributed by atoms with Crippen LogP contribution in [0, 0.1) is 0 Å². The van der Waals surface area contributed by atoms with Gasteiger partial charge in [0, 0.05) is 10.9 Å². The molecule has 0 spiro atoms. The van der Waals surface area contributed by atoms with Crippen LogP contribution in [0.1, 0.15) is 12.5 Å². The van der Waals surface area contributed by atoms with E-state index in [2.05, 4.69) is 20.7 Å². The fourth-order valence-corrected chi connectivity index (χ4v) is 1.61. The zero-order valence-electron chi connectivity index (χ0n) is 7.97. The van der Waals surface area contributed by atoms with Gasteiger partial charge in [0.25, 0.3) is 0 Å². The Balaban J connectivity index is 2.83. The number of benzene rings is 1. The van der Waals surface area contributed by atoms with E-state index < -0.39 is 6.61 Å². The van der Waals surface area contributed by atoms with Gasteiger partial charge in [-0.2, -0.15) is 8.78 Å². The van der Waals surface area contributed by atoms with Crippen LogP contribution in [-0.4, -0.2) is 12.4 Å². The highest BCUT2D eigenvalue weighted by atomic mass is 79.9. The molecule has 82 valence electrons. The van der Waals surface area contributed by atoms with Gasteiger partial charge in [-0.05, 0) is 24.6 Å². The molecule has 0 saturated heterocycles. The predicted octanol–water partition coefficient (Wildman–Crippen LogP) is 3.18. The molecule has 0 aliphatic rings. The van der Waals surface area contributed by atoms with Crippen molar-refractivity contribution in [3.8, 4) is 5.75 Å². The molecular weight excluding hydrogens is 270 g/mol. The molecule has 0 aliphatic heterocycles. The number of hydrogen-bond acceptors (Lipinski definition) is 2. The van der Waals surface area contributed by atoms with Crippen LogP contribution in [0.3, 0.4) is 0 Å². The van der Waals surface area contributed by atoms with Crippen molar-refractivity contribution >= 4 is 21.7 Å². The van der Waals surface area contributed by atoms with E-state index in [9.17, 15) is 13.6 Å². The third-order valence-corrected chi connectivity index (χ3v) is 2.43. The first kappa shape index (κ1) is 12.1. The average Bonchev–Trinajstić information content (AvgIpc) is 2.08. The minimum absolute atomic E-state index is 0.0122. The molecule has 0 fully saturated rings. The van der Waals surface area contributed by atoms with Crippen LogP contribution >= 0.6 is 15.9 Å². The van der Waals surface area contributed by atoms with Crippen molar-refractivity contribution in [3.63, 3.8) is 0 Å². The second kappa shape index (κ2) is 5.21. The second-order valence-electron chi connectivity index (χ2n) is 3.01. The molecule has 0 aliphatic carbocycles. The molecule has 0 N–H and O–H groups in total. The van der Waals surface area contributed by atoms with Gasteiger partial charge in [0.2, 0.25) is 0 Å². The third-order valence-electron chi connectivity index (χ3n) is 1.69. The van der Waals surface area contributed by atoms with Gasteiger partial charge < -0.3 is 4.74 Å². The molecule has 5 heteroatoms. The van der Waals surface area contributed by atoms with Crippen molar-refractivity contribution in [1.82, 2.24) is 0 Å². The summed E-state index contributed by atoms with van der Waals surface area (Å²) < 4.78 is 28.5. The minimum Gasteiger partial charge on any atom is -0.435 e. The number of carbonyl (C=O) groups is 1. The summed E-state index contributed by atoms with van der Waals surface area (Å²) in [6.07, 6.45) is 0.273. The first-order chi connectivity index (χ1) is 6.99. The summed E-state index contributed by atoms with van der Waals surface area (Å²) in [6, 6.07) is 4.42. The van der Waals surface area contributed by atoms with Crippen LogP contribution in [0.5, 0.6) is 5.75 Å². The fourth-order valence-electron chi connectivity index (χ4n) is 1.12. The zero-order chi connectivity index (χ0) is 11.4. The van der Waals surface area contributed by atoms with Gasteiger partial charge in [0.05, 0.1) is 0 Å². The Hall–Kier alpha value is -0.970. The standard InChI is InChI=1S/C10H9BrF2O2/c1-6(14)4-7-2-3-8(5-9(7)11)15-10(12)13/h2-3,5,10H,4H2,1H3. The molecule has 0 radical (unpaired) electrons. The lowest BCUT2D eigenvalue weighted by atomic mass is 10.1. The van der Waals surface area contributed by atoms with E-state index in [1.807, 2.05) is 0 Å². The van der Waals surface area contributed by atoms with Crippen LogP contribution in [0.2, 0.25) is 0 Å². The van der Waals surface area contributed by atoms with Gasteiger partial charge in [0.15, 0.2) is 0 Å². The highest BCUT2D eigenvalue weighted by Crippen LogP contribution is 2.24. The number of hydrogen-bond donors (Lipinski definition) is 0. The van der Waals surface area contributed by atoms with E-state index >= 15 is 0 Å². The number of Topliss-reactive ketones (excluding diaryl/α,β-unsaturated/α-hetero) is 1. The Bertz CT molecular complexity index is 366. The Morgan fingerprint density at radius 3 is 2.67 bits per heavy atom. The van der Waals surface area contributed by atoms with Gasteiger partial charge in [-0.15, -0.1) is 0 Å². The van der Waals surface area contributed by atoms with Crippen LogP contribution in [0.4, 0.5) is 8.78 Å². The monoisotopic (exact) mass is 278 g/mol. The van der Waals surface area contributed by atoms with Crippen LogP contribution in [-0.2, 0) is 11.2 Å². The molecule has 1 aromatic carbocycles. The summed E-state index contributed by atoms with van der Waals surface area (Å²) in [6.45, 7) is -1.37. The van der Waals surface area contributed by atoms with E-state index in [0.717, 1.165) is 5.56 Å². The minimum atomic E-state index is -2.84. The smallest absolute Gasteiger partial charge is 0.387 e. The lowest BCUT2D eigenvalue weighted by Crippen LogP contribution is -2.03. The molecule has 0 unspecified atom stereocenters. The number of ketones is 1. The van der Waals surface area contributed by atoms with Crippen molar-refractivity contribution in [1.29, 1.82) is 0 Å². The molecular formula is C10H9BrF2O2. The van der Waals surface area contributed by atoms with Crippen LogP contribution in [0.25, 0.3) is 0 Å². The van der Waals surface area contributed by atoms with Crippen molar-refractivity contribution in [2.24, 2.45) is 0 Å². The third kappa shape index (κ3) is 3.95.